The van der Waals surface area contributed by atoms with Crippen LogP contribution in [0.1, 0.15) is 5.56 Å². The van der Waals surface area contributed by atoms with Gasteiger partial charge >= 0.3 is 0 Å². The molecule has 1 rings (SSSR count). The molecule has 1 amide bonds. The zero-order chi connectivity index (χ0) is 15.0. The van der Waals surface area contributed by atoms with Crippen LogP contribution in [-0.2, 0) is 21.2 Å². The van der Waals surface area contributed by atoms with Gasteiger partial charge in [-0.25, -0.2) is 8.42 Å². The first-order valence-electron chi connectivity index (χ1n) is 6.30. The molecule has 1 aromatic rings. The van der Waals surface area contributed by atoms with E-state index in [-0.39, 0.29) is 19.0 Å². The summed E-state index contributed by atoms with van der Waals surface area (Å²) in [6, 6.07) is 9.56. The van der Waals surface area contributed by atoms with Crippen LogP contribution < -0.4 is 5.32 Å². The van der Waals surface area contributed by atoms with Crippen molar-refractivity contribution in [1.82, 2.24) is 9.62 Å². The monoisotopic (exact) mass is 296 g/mol. The summed E-state index contributed by atoms with van der Waals surface area (Å²) < 4.78 is 24.6. The first kappa shape index (κ1) is 16.4. The first-order chi connectivity index (χ1) is 9.43. The van der Waals surface area contributed by atoms with Crippen molar-refractivity contribution < 1.29 is 13.2 Å². The number of carbonyl (C=O) groups is 1. The fourth-order valence-corrected chi connectivity index (χ4v) is 2.44. The molecule has 0 aliphatic heterocycles. The lowest BCUT2D eigenvalue weighted by atomic mass is 10.1. The van der Waals surface area contributed by atoms with Gasteiger partial charge in [-0.3, -0.25) is 4.79 Å². The van der Waals surface area contributed by atoms with Crippen molar-refractivity contribution in [3.63, 3.8) is 0 Å². The van der Waals surface area contributed by atoms with Crippen LogP contribution in [0.25, 0.3) is 0 Å². The topological polar surface area (TPSA) is 66.5 Å². The minimum absolute atomic E-state index is 0.167. The van der Waals surface area contributed by atoms with Gasteiger partial charge in [-0.05, 0) is 12.0 Å². The first-order valence-corrected chi connectivity index (χ1v) is 8.15. The maximum atomic E-state index is 11.7. The fourth-order valence-electron chi connectivity index (χ4n) is 1.66. The lowest BCUT2D eigenvalue weighted by molar-refractivity contribution is -0.121. The van der Waals surface area contributed by atoms with Crippen molar-refractivity contribution in [2.45, 2.75) is 6.42 Å². The van der Waals surface area contributed by atoms with Crippen molar-refractivity contribution in [3.05, 3.63) is 48.6 Å². The summed E-state index contributed by atoms with van der Waals surface area (Å²) in [7, 11) is -3.41. The van der Waals surface area contributed by atoms with Crippen LogP contribution in [0.2, 0.25) is 0 Å². The summed E-state index contributed by atoms with van der Waals surface area (Å²) in [5.74, 6) is -0.330. The van der Waals surface area contributed by atoms with Gasteiger partial charge in [-0.15, -0.1) is 6.58 Å². The number of hydrogen-bond acceptors (Lipinski definition) is 3. The third-order valence-corrected chi connectivity index (χ3v) is 3.97. The summed E-state index contributed by atoms with van der Waals surface area (Å²) in [6.07, 6.45) is 3.23. The molecule has 0 aliphatic carbocycles. The number of amides is 1. The molecule has 1 aromatic carbocycles. The summed E-state index contributed by atoms with van der Waals surface area (Å²) in [6.45, 7) is 3.93. The Labute approximate surface area is 120 Å². The molecule has 0 saturated carbocycles. The predicted molar refractivity (Wildman–Crippen MR) is 79.8 cm³/mol. The van der Waals surface area contributed by atoms with Gasteiger partial charge in [0.05, 0.1) is 12.8 Å². The van der Waals surface area contributed by atoms with Crippen LogP contribution in [-0.4, -0.2) is 44.5 Å². The smallest absolute Gasteiger partial charge is 0.235 e. The number of nitrogens with one attached hydrogen (secondary N) is 1. The van der Waals surface area contributed by atoms with Crippen molar-refractivity contribution in [1.29, 1.82) is 0 Å². The Hall–Kier alpha value is -1.66. The number of sulfonamides is 1. The highest BCUT2D eigenvalue weighted by Crippen LogP contribution is 2.04. The van der Waals surface area contributed by atoms with E-state index in [4.69, 9.17) is 0 Å². The lowest BCUT2D eigenvalue weighted by Crippen LogP contribution is -2.41. The molecule has 0 fully saturated rings. The SMILES string of the molecule is C=CCNC(=O)CN(CCc1ccccc1)S(C)(=O)=O. The van der Waals surface area contributed by atoms with Gasteiger partial charge in [0.1, 0.15) is 0 Å². The Morgan fingerprint density at radius 3 is 2.55 bits per heavy atom. The maximum absolute atomic E-state index is 11.7. The number of rotatable bonds is 8. The van der Waals surface area contributed by atoms with Gasteiger partial charge < -0.3 is 5.32 Å². The van der Waals surface area contributed by atoms with Crippen molar-refractivity contribution in [2.24, 2.45) is 0 Å². The zero-order valence-corrected chi connectivity index (χ0v) is 12.4. The molecule has 5 nitrogen and oxygen atoms in total. The van der Waals surface area contributed by atoms with Gasteiger partial charge in [-0.2, -0.15) is 4.31 Å². The highest BCUT2D eigenvalue weighted by atomic mass is 32.2. The molecular formula is C14H20N2O3S. The molecule has 0 spiro atoms. The molecule has 0 saturated heterocycles. The van der Waals surface area contributed by atoms with Crippen LogP contribution in [0.3, 0.4) is 0 Å². The van der Waals surface area contributed by atoms with Gasteiger partial charge in [0, 0.05) is 13.1 Å². The third kappa shape index (κ3) is 5.99. The van der Waals surface area contributed by atoms with Crippen LogP contribution in [0.5, 0.6) is 0 Å². The Kier molecular flexibility index (Phi) is 6.41. The largest absolute Gasteiger partial charge is 0.351 e. The fraction of sp³-hybridized carbons (Fsp3) is 0.357. The van der Waals surface area contributed by atoms with Crippen LogP contribution in [0.15, 0.2) is 43.0 Å². The number of carbonyl (C=O) groups excluding carboxylic acids is 1. The molecular weight excluding hydrogens is 276 g/mol. The highest BCUT2D eigenvalue weighted by molar-refractivity contribution is 7.88. The molecule has 0 heterocycles. The van der Waals surface area contributed by atoms with Gasteiger partial charge in [0.25, 0.3) is 0 Å². The molecule has 0 aliphatic rings. The van der Waals surface area contributed by atoms with Crippen LogP contribution in [0.4, 0.5) is 0 Å². The van der Waals surface area contributed by atoms with E-state index in [0.29, 0.717) is 13.0 Å². The predicted octanol–water partition coefficient (Wildman–Crippen LogP) is 0.793. The van der Waals surface area contributed by atoms with E-state index in [1.165, 1.54) is 4.31 Å². The summed E-state index contributed by atoms with van der Waals surface area (Å²) in [5, 5.41) is 2.57. The zero-order valence-electron chi connectivity index (χ0n) is 11.6. The van der Waals surface area contributed by atoms with Crippen molar-refractivity contribution >= 4 is 15.9 Å². The van der Waals surface area contributed by atoms with E-state index in [1.807, 2.05) is 30.3 Å². The van der Waals surface area contributed by atoms with E-state index in [1.54, 1.807) is 6.08 Å². The van der Waals surface area contributed by atoms with Crippen LogP contribution in [0, 0.1) is 0 Å². The van der Waals surface area contributed by atoms with E-state index in [9.17, 15) is 13.2 Å². The average Bonchev–Trinajstić information content (AvgIpc) is 2.41. The van der Waals surface area contributed by atoms with E-state index >= 15 is 0 Å². The highest BCUT2D eigenvalue weighted by Gasteiger charge is 2.19. The standard InChI is InChI=1S/C14H20N2O3S/c1-3-10-15-14(17)12-16(20(2,18)19)11-9-13-7-5-4-6-8-13/h3-8H,1,9-12H2,2H3,(H,15,17). The molecule has 0 unspecified atom stereocenters. The van der Waals surface area contributed by atoms with E-state index in [0.717, 1.165) is 11.8 Å². The molecule has 6 heteroatoms. The molecule has 0 atom stereocenters. The Bertz CT molecular complexity index is 541. The Morgan fingerprint density at radius 1 is 1.35 bits per heavy atom. The third-order valence-electron chi connectivity index (χ3n) is 2.73. The number of hydrogen-bond donors (Lipinski definition) is 1. The second-order valence-electron chi connectivity index (χ2n) is 4.42. The van der Waals surface area contributed by atoms with E-state index < -0.39 is 10.0 Å². The van der Waals surface area contributed by atoms with Crippen LogP contribution >= 0.6 is 0 Å². The average molecular weight is 296 g/mol. The Morgan fingerprint density at radius 2 is 2.00 bits per heavy atom. The molecule has 0 aromatic heterocycles. The maximum Gasteiger partial charge on any atom is 0.235 e. The quantitative estimate of drug-likeness (QED) is 0.721. The summed E-state index contributed by atoms with van der Waals surface area (Å²) >= 11 is 0. The summed E-state index contributed by atoms with van der Waals surface area (Å²) in [5.41, 5.74) is 1.03. The summed E-state index contributed by atoms with van der Waals surface area (Å²) in [4.78, 5) is 11.6. The number of benzene rings is 1. The minimum Gasteiger partial charge on any atom is -0.351 e. The van der Waals surface area contributed by atoms with Crippen molar-refractivity contribution in [3.8, 4) is 0 Å². The lowest BCUT2D eigenvalue weighted by Gasteiger charge is -2.19. The second-order valence-corrected chi connectivity index (χ2v) is 6.41. The van der Waals surface area contributed by atoms with Crippen molar-refractivity contribution in [2.75, 3.05) is 25.9 Å². The van der Waals surface area contributed by atoms with Gasteiger partial charge in [0.2, 0.25) is 15.9 Å². The second kappa shape index (κ2) is 7.81. The van der Waals surface area contributed by atoms with E-state index in [2.05, 4.69) is 11.9 Å². The molecule has 20 heavy (non-hydrogen) atoms. The van der Waals surface area contributed by atoms with Gasteiger partial charge in [-0.1, -0.05) is 36.4 Å². The Balaban J connectivity index is 2.61. The molecule has 0 radical (unpaired) electrons. The minimum atomic E-state index is -3.41. The molecule has 0 bridgehead atoms. The normalized spacial score (nSPS) is 11.3. The molecule has 1 N–H and O–H groups in total. The number of nitrogens with zero attached hydrogens (tertiary/aromatic N) is 1. The molecule has 110 valence electrons. The van der Waals surface area contributed by atoms with Gasteiger partial charge in [0.15, 0.2) is 0 Å².